The summed E-state index contributed by atoms with van der Waals surface area (Å²) in [7, 11) is -1.70. The van der Waals surface area contributed by atoms with Gasteiger partial charge < -0.3 is 26.5 Å². The van der Waals surface area contributed by atoms with Gasteiger partial charge >= 0.3 is 0 Å². The highest BCUT2D eigenvalue weighted by Crippen LogP contribution is 2.56. The topological polar surface area (TPSA) is 18.5 Å². The molecule has 0 spiro atoms. The van der Waals surface area contributed by atoms with Crippen LogP contribution in [0.5, 0.6) is 0 Å². The fourth-order valence-electron chi connectivity index (χ4n) is 4.12. The fourth-order valence-corrected chi connectivity index (χ4v) is 8.53. The molecule has 4 rings (SSSR count). The van der Waals surface area contributed by atoms with Crippen LogP contribution < -0.4 is 32.9 Å². The fraction of sp³-hybridized carbons (Fsp3) is 0.280. The van der Waals surface area contributed by atoms with Gasteiger partial charge in [0.1, 0.15) is 23.2 Å². The number of hydrogen-bond donors (Lipinski definition) is 0. The summed E-state index contributed by atoms with van der Waals surface area (Å²) in [5, 5.41) is 4.38. The van der Waals surface area contributed by atoms with E-state index in [4.69, 9.17) is 9.47 Å². The molecule has 1 saturated heterocycles. The second kappa shape index (κ2) is 11.0. The zero-order valence-electron chi connectivity index (χ0n) is 16.6. The van der Waals surface area contributed by atoms with Crippen molar-refractivity contribution < 1.29 is 26.5 Å². The second-order valence-electron chi connectivity index (χ2n) is 7.21. The molecule has 0 bridgehead atoms. The average Bonchev–Trinajstić information content (AvgIpc) is 3.30. The molecule has 0 N–H and O–H groups in total. The Hall–Kier alpha value is -1.51. The van der Waals surface area contributed by atoms with Crippen LogP contribution in [0, 0.1) is 0 Å². The van der Waals surface area contributed by atoms with E-state index in [9.17, 15) is 0 Å². The molecule has 152 valence electrons. The third kappa shape index (κ3) is 5.16. The summed E-state index contributed by atoms with van der Waals surface area (Å²) < 4.78 is 11.3. The van der Waals surface area contributed by atoms with Crippen LogP contribution in [0.2, 0.25) is 0 Å². The van der Waals surface area contributed by atoms with Crippen molar-refractivity contribution in [3.05, 3.63) is 91.0 Å². The van der Waals surface area contributed by atoms with Crippen molar-refractivity contribution in [1.82, 2.24) is 0 Å². The van der Waals surface area contributed by atoms with E-state index in [1.807, 2.05) is 0 Å². The Morgan fingerprint density at radius 1 is 0.621 bits per heavy atom. The quantitative estimate of drug-likeness (QED) is 0.367. The first-order chi connectivity index (χ1) is 13.9. The lowest BCUT2D eigenvalue weighted by molar-refractivity contribution is -0.0477. The van der Waals surface area contributed by atoms with Gasteiger partial charge in [0.05, 0.1) is 19.4 Å². The third-order valence-corrected chi connectivity index (χ3v) is 9.99. The second-order valence-corrected chi connectivity index (χ2v) is 10.8. The minimum Gasteiger partial charge on any atom is -1.00 e. The molecular formula is C25H28BrO2P. The Labute approximate surface area is 185 Å². The van der Waals surface area contributed by atoms with Crippen LogP contribution in [0.25, 0.3) is 0 Å². The van der Waals surface area contributed by atoms with Gasteiger partial charge in [-0.1, -0.05) is 54.6 Å². The maximum atomic E-state index is 5.63. The minimum atomic E-state index is -1.70. The lowest BCUT2D eigenvalue weighted by Gasteiger charge is -2.27. The molecule has 4 heteroatoms. The van der Waals surface area contributed by atoms with E-state index in [1.54, 1.807) is 0 Å². The molecule has 1 heterocycles. The third-order valence-electron chi connectivity index (χ3n) is 5.47. The first-order valence-corrected chi connectivity index (χ1v) is 12.2. The maximum Gasteiger partial charge on any atom is 0.157 e. The summed E-state index contributed by atoms with van der Waals surface area (Å²) >= 11 is 0. The van der Waals surface area contributed by atoms with Gasteiger partial charge in [0.2, 0.25) is 0 Å². The van der Waals surface area contributed by atoms with Crippen molar-refractivity contribution in [3.8, 4) is 0 Å². The molecule has 1 aliphatic heterocycles. The number of halogens is 1. The van der Waals surface area contributed by atoms with E-state index in [-0.39, 0.29) is 23.3 Å². The summed E-state index contributed by atoms with van der Waals surface area (Å²) in [6, 6.07) is 33.3. The van der Waals surface area contributed by atoms with Crippen LogP contribution in [0.3, 0.4) is 0 Å². The monoisotopic (exact) mass is 470 g/mol. The molecule has 0 aliphatic carbocycles. The van der Waals surface area contributed by atoms with Gasteiger partial charge in [0, 0.05) is 0 Å². The molecule has 0 amide bonds. The molecular weight excluding hydrogens is 443 g/mol. The van der Waals surface area contributed by atoms with E-state index in [2.05, 4.69) is 91.0 Å². The van der Waals surface area contributed by atoms with Crippen LogP contribution >= 0.6 is 7.26 Å². The number of rotatable bonds is 8. The molecule has 0 radical (unpaired) electrons. The van der Waals surface area contributed by atoms with Gasteiger partial charge in [-0.15, -0.1) is 0 Å². The highest BCUT2D eigenvalue weighted by atomic mass is 79.9. The molecule has 1 fully saturated rings. The van der Waals surface area contributed by atoms with E-state index < -0.39 is 7.26 Å². The largest absolute Gasteiger partial charge is 1.00 e. The smallest absolute Gasteiger partial charge is 0.157 e. The summed E-state index contributed by atoms with van der Waals surface area (Å²) in [5.74, 6) is 0. The van der Waals surface area contributed by atoms with Crippen LogP contribution in [-0.4, -0.2) is 25.7 Å². The number of unbranched alkanes of at least 4 members (excludes halogenated alkanes) is 1. The Bertz CT molecular complexity index is 740. The normalized spacial score (nSPS) is 14.5. The Morgan fingerprint density at radius 2 is 1.03 bits per heavy atom. The van der Waals surface area contributed by atoms with Crippen LogP contribution in [0.15, 0.2) is 91.0 Å². The summed E-state index contributed by atoms with van der Waals surface area (Å²) in [4.78, 5) is 0. The average molecular weight is 471 g/mol. The highest BCUT2D eigenvalue weighted by molar-refractivity contribution is 7.95. The maximum absolute atomic E-state index is 5.63. The van der Waals surface area contributed by atoms with E-state index in [0.29, 0.717) is 0 Å². The van der Waals surface area contributed by atoms with Crippen molar-refractivity contribution in [2.75, 3.05) is 19.4 Å². The zero-order chi connectivity index (χ0) is 19.1. The van der Waals surface area contributed by atoms with Gasteiger partial charge in [-0.05, 0) is 55.7 Å². The van der Waals surface area contributed by atoms with Crippen molar-refractivity contribution in [2.45, 2.75) is 25.6 Å². The summed E-state index contributed by atoms with van der Waals surface area (Å²) in [6.07, 6.45) is 4.43. The molecule has 3 aromatic rings. The SMILES string of the molecule is [Br-].c1ccc([P+](CCCCC2OCCO2)(c2ccccc2)c2ccccc2)cc1. The van der Waals surface area contributed by atoms with Gasteiger partial charge in [-0.25, -0.2) is 0 Å². The molecule has 29 heavy (non-hydrogen) atoms. The molecule has 1 aliphatic rings. The van der Waals surface area contributed by atoms with Crippen LogP contribution in [-0.2, 0) is 9.47 Å². The number of hydrogen-bond acceptors (Lipinski definition) is 2. The Kier molecular flexibility index (Phi) is 8.44. The van der Waals surface area contributed by atoms with Crippen molar-refractivity contribution in [2.24, 2.45) is 0 Å². The zero-order valence-corrected chi connectivity index (χ0v) is 19.1. The summed E-state index contributed by atoms with van der Waals surface area (Å²) in [6.45, 7) is 1.47. The van der Waals surface area contributed by atoms with E-state index in [0.717, 1.165) is 38.6 Å². The van der Waals surface area contributed by atoms with E-state index in [1.165, 1.54) is 15.9 Å². The lowest BCUT2D eigenvalue weighted by Crippen LogP contribution is -3.00. The van der Waals surface area contributed by atoms with Crippen LogP contribution in [0.1, 0.15) is 19.3 Å². The molecule has 2 nitrogen and oxygen atoms in total. The lowest BCUT2D eigenvalue weighted by atomic mass is 10.2. The van der Waals surface area contributed by atoms with Crippen molar-refractivity contribution in [1.29, 1.82) is 0 Å². The first kappa shape index (κ1) is 22.2. The van der Waals surface area contributed by atoms with Gasteiger partial charge in [-0.2, -0.15) is 0 Å². The minimum absolute atomic E-state index is 0. The molecule has 0 unspecified atom stereocenters. The summed E-state index contributed by atoms with van der Waals surface area (Å²) in [5.41, 5.74) is 0. The number of benzene rings is 3. The molecule has 0 aromatic heterocycles. The Balaban J connectivity index is 0.00000240. The van der Waals surface area contributed by atoms with Crippen molar-refractivity contribution in [3.63, 3.8) is 0 Å². The number of ether oxygens (including phenoxy) is 2. The molecule has 3 aromatic carbocycles. The predicted molar refractivity (Wildman–Crippen MR) is 120 cm³/mol. The standard InChI is InChI=1S/C25H28O2P.BrH/c1-4-12-22(13-5-1)28(23-14-6-2-7-15-23,24-16-8-3-9-17-24)21-11-10-18-25-26-19-20-27-25;/h1-9,12-17,25H,10-11,18-21H2;1H/q+1;/p-1. The Morgan fingerprint density at radius 3 is 1.45 bits per heavy atom. The molecule has 0 saturated carbocycles. The van der Waals surface area contributed by atoms with Gasteiger partial charge in [-0.3, -0.25) is 0 Å². The van der Waals surface area contributed by atoms with Gasteiger partial charge in [0.15, 0.2) is 6.29 Å². The van der Waals surface area contributed by atoms with Gasteiger partial charge in [0.25, 0.3) is 0 Å². The van der Waals surface area contributed by atoms with E-state index >= 15 is 0 Å². The molecule has 0 atom stereocenters. The van der Waals surface area contributed by atoms with Crippen LogP contribution in [0.4, 0.5) is 0 Å². The first-order valence-electron chi connectivity index (χ1n) is 10.2. The predicted octanol–water partition coefficient (Wildman–Crippen LogP) is 1.53. The van der Waals surface area contributed by atoms with Crippen molar-refractivity contribution >= 4 is 23.2 Å². The highest BCUT2D eigenvalue weighted by Gasteiger charge is 2.44.